The Labute approximate surface area is 120 Å². The molecule has 1 aromatic heterocycles. The molecular weight excluding hydrogens is 250 g/mol. The molecule has 0 unspecified atom stereocenters. The summed E-state index contributed by atoms with van der Waals surface area (Å²) in [6.07, 6.45) is 2.14. The highest BCUT2D eigenvalue weighted by Gasteiger charge is 2.00. The Balaban J connectivity index is 1.77. The zero-order chi connectivity index (χ0) is 14.4. The van der Waals surface area contributed by atoms with Gasteiger partial charge in [0.1, 0.15) is 0 Å². The van der Waals surface area contributed by atoms with E-state index in [-0.39, 0.29) is 6.10 Å². The van der Waals surface area contributed by atoms with Crippen molar-refractivity contribution < 1.29 is 4.74 Å². The van der Waals surface area contributed by atoms with Gasteiger partial charge in [0.15, 0.2) is 0 Å². The van der Waals surface area contributed by atoms with Gasteiger partial charge in [-0.2, -0.15) is 5.10 Å². The molecule has 0 aliphatic heterocycles. The molecule has 108 valence electrons. The molecule has 2 rings (SSSR count). The topological polar surface area (TPSA) is 49.9 Å². The van der Waals surface area contributed by atoms with Crippen LogP contribution in [-0.4, -0.2) is 16.3 Å². The Morgan fingerprint density at radius 1 is 1.15 bits per heavy atom. The van der Waals surface area contributed by atoms with E-state index in [1.165, 1.54) is 16.7 Å². The summed E-state index contributed by atoms with van der Waals surface area (Å²) in [5.41, 5.74) is 4.83. The van der Waals surface area contributed by atoms with Crippen molar-refractivity contribution in [2.24, 2.45) is 0 Å². The lowest BCUT2D eigenvalue weighted by molar-refractivity contribution is 0.0657. The van der Waals surface area contributed by atoms with Crippen molar-refractivity contribution >= 4 is 0 Å². The molecule has 0 saturated carbocycles. The molecule has 0 aliphatic carbocycles. The molecule has 0 spiro atoms. The van der Waals surface area contributed by atoms with E-state index in [4.69, 9.17) is 4.74 Å². The summed E-state index contributed by atoms with van der Waals surface area (Å²) in [4.78, 5) is 0. The predicted molar refractivity (Wildman–Crippen MR) is 80.2 cm³/mol. The molecule has 2 N–H and O–H groups in total. The van der Waals surface area contributed by atoms with E-state index in [0.29, 0.717) is 6.61 Å². The zero-order valence-electron chi connectivity index (χ0n) is 12.4. The normalized spacial score (nSPS) is 11.2. The minimum absolute atomic E-state index is 0.273. The Kier molecular flexibility index (Phi) is 5.32. The van der Waals surface area contributed by atoms with E-state index in [1.54, 1.807) is 0 Å². The first-order valence-corrected chi connectivity index (χ1v) is 7.04. The number of rotatable bonds is 7. The van der Waals surface area contributed by atoms with Crippen LogP contribution in [0.2, 0.25) is 0 Å². The van der Waals surface area contributed by atoms with Crippen LogP contribution in [0.25, 0.3) is 0 Å². The fraction of sp³-hybridized carbons (Fsp3) is 0.438. The molecule has 1 aromatic carbocycles. The monoisotopic (exact) mass is 273 g/mol. The zero-order valence-corrected chi connectivity index (χ0v) is 12.4. The number of hydrogen-bond acceptors (Lipinski definition) is 3. The van der Waals surface area contributed by atoms with Crippen molar-refractivity contribution in [3.05, 3.63) is 52.8 Å². The fourth-order valence-electron chi connectivity index (χ4n) is 1.91. The van der Waals surface area contributed by atoms with Gasteiger partial charge in [-0.1, -0.05) is 24.3 Å². The van der Waals surface area contributed by atoms with Crippen LogP contribution < -0.4 is 5.32 Å². The van der Waals surface area contributed by atoms with Crippen LogP contribution in [0.1, 0.15) is 36.2 Å². The second-order valence-electron chi connectivity index (χ2n) is 5.30. The molecular formula is C16H23N3O. The van der Waals surface area contributed by atoms with Crippen molar-refractivity contribution in [1.82, 2.24) is 15.5 Å². The molecule has 0 aliphatic rings. The van der Waals surface area contributed by atoms with Gasteiger partial charge in [0, 0.05) is 24.3 Å². The fourth-order valence-corrected chi connectivity index (χ4v) is 1.91. The Morgan fingerprint density at radius 2 is 1.85 bits per heavy atom. The minimum Gasteiger partial charge on any atom is -0.374 e. The maximum Gasteiger partial charge on any atom is 0.0720 e. The van der Waals surface area contributed by atoms with Gasteiger partial charge in [0.2, 0.25) is 0 Å². The first kappa shape index (κ1) is 14.8. The van der Waals surface area contributed by atoms with Gasteiger partial charge in [0.25, 0.3) is 0 Å². The van der Waals surface area contributed by atoms with Gasteiger partial charge in [-0.05, 0) is 31.9 Å². The number of ether oxygens (including phenoxy) is 1. The van der Waals surface area contributed by atoms with Crippen LogP contribution in [0.3, 0.4) is 0 Å². The van der Waals surface area contributed by atoms with Crippen LogP contribution in [0.15, 0.2) is 30.5 Å². The Bertz CT molecular complexity index is 517. The van der Waals surface area contributed by atoms with Gasteiger partial charge in [-0.3, -0.25) is 5.10 Å². The molecule has 0 fully saturated rings. The predicted octanol–water partition coefficient (Wildman–Crippen LogP) is 2.93. The number of aromatic nitrogens is 2. The van der Waals surface area contributed by atoms with E-state index in [0.717, 1.165) is 18.8 Å². The third kappa shape index (κ3) is 4.47. The summed E-state index contributed by atoms with van der Waals surface area (Å²) in [7, 11) is 0. The van der Waals surface area contributed by atoms with Crippen LogP contribution in [-0.2, 0) is 24.4 Å². The van der Waals surface area contributed by atoms with Crippen molar-refractivity contribution in [2.75, 3.05) is 0 Å². The Hall–Kier alpha value is -1.65. The molecule has 0 amide bonds. The Morgan fingerprint density at radius 3 is 2.45 bits per heavy atom. The molecule has 0 bridgehead atoms. The maximum absolute atomic E-state index is 5.58. The quantitative estimate of drug-likeness (QED) is 0.815. The lowest BCUT2D eigenvalue weighted by Crippen LogP contribution is -2.13. The van der Waals surface area contributed by atoms with Crippen molar-refractivity contribution in [1.29, 1.82) is 0 Å². The average Bonchev–Trinajstić information content (AvgIpc) is 2.83. The summed E-state index contributed by atoms with van der Waals surface area (Å²) < 4.78 is 5.58. The number of aromatic amines is 1. The van der Waals surface area contributed by atoms with E-state index in [9.17, 15) is 0 Å². The third-order valence-corrected chi connectivity index (χ3v) is 3.19. The van der Waals surface area contributed by atoms with Crippen molar-refractivity contribution in [3.8, 4) is 0 Å². The first-order chi connectivity index (χ1) is 9.65. The molecule has 0 radical (unpaired) electrons. The number of hydrogen-bond donors (Lipinski definition) is 2. The van der Waals surface area contributed by atoms with Gasteiger partial charge in [-0.25, -0.2) is 0 Å². The maximum atomic E-state index is 5.58. The summed E-state index contributed by atoms with van der Waals surface area (Å²) in [5.74, 6) is 0. The second-order valence-corrected chi connectivity index (χ2v) is 5.30. The molecule has 20 heavy (non-hydrogen) atoms. The smallest absolute Gasteiger partial charge is 0.0720 e. The molecule has 4 heteroatoms. The number of nitrogens with one attached hydrogen (secondary N) is 2. The summed E-state index contributed by atoms with van der Waals surface area (Å²) in [5, 5.41) is 10.4. The lowest BCUT2D eigenvalue weighted by atomic mass is 10.1. The molecule has 0 saturated heterocycles. The lowest BCUT2D eigenvalue weighted by Gasteiger charge is -2.09. The second kappa shape index (κ2) is 7.22. The van der Waals surface area contributed by atoms with Crippen LogP contribution in [0, 0.1) is 6.92 Å². The van der Waals surface area contributed by atoms with Crippen LogP contribution in [0.5, 0.6) is 0 Å². The van der Waals surface area contributed by atoms with E-state index < -0.39 is 0 Å². The minimum atomic E-state index is 0.273. The van der Waals surface area contributed by atoms with E-state index in [2.05, 4.69) is 53.6 Å². The van der Waals surface area contributed by atoms with Gasteiger partial charge in [-0.15, -0.1) is 0 Å². The molecule has 1 heterocycles. The number of H-pyrrole nitrogens is 1. The van der Waals surface area contributed by atoms with Crippen molar-refractivity contribution in [3.63, 3.8) is 0 Å². The van der Waals surface area contributed by atoms with Gasteiger partial charge < -0.3 is 10.1 Å². The highest BCUT2D eigenvalue weighted by atomic mass is 16.5. The van der Waals surface area contributed by atoms with Crippen LogP contribution >= 0.6 is 0 Å². The molecule has 2 aromatic rings. The number of benzene rings is 1. The average molecular weight is 273 g/mol. The van der Waals surface area contributed by atoms with Crippen LogP contribution in [0.4, 0.5) is 0 Å². The highest BCUT2D eigenvalue weighted by Crippen LogP contribution is 2.08. The summed E-state index contributed by atoms with van der Waals surface area (Å²) in [6.45, 7) is 8.51. The number of nitrogens with zero attached hydrogens (tertiary/aromatic N) is 1. The third-order valence-electron chi connectivity index (χ3n) is 3.19. The SMILES string of the molecule is Cc1[nH]ncc1CNCc1ccc(COC(C)C)cc1. The number of aryl methyl sites for hydroxylation is 1. The standard InChI is InChI=1S/C16H23N3O/c1-12(2)20-11-15-6-4-14(5-7-15)8-17-9-16-10-18-19-13(16)3/h4-7,10,12,17H,8-9,11H2,1-3H3,(H,18,19). The van der Waals surface area contributed by atoms with Gasteiger partial charge >= 0.3 is 0 Å². The van der Waals surface area contributed by atoms with Gasteiger partial charge in [0.05, 0.1) is 18.9 Å². The largest absolute Gasteiger partial charge is 0.374 e. The first-order valence-electron chi connectivity index (χ1n) is 7.04. The van der Waals surface area contributed by atoms with E-state index >= 15 is 0 Å². The van der Waals surface area contributed by atoms with E-state index in [1.807, 2.05) is 13.1 Å². The summed E-state index contributed by atoms with van der Waals surface area (Å²) in [6, 6.07) is 8.55. The van der Waals surface area contributed by atoms with Crippen molar-refractivity contribution in [2.45, 2.75) is 46.6 Å². The molecule has 4 nitrogen and oxygen atoms in total. The molecule has 0 atom stereocenters. The summed E-state index contributed by atoms with van der Waals surface area (Å²) >= 11 is 0. The highest BCUT2D eigenvalue weighted by molar-refractivity contribution is 5.22.